The van der Waals surface area contributed by atoms with Gasteiger partial charge >= 0.3 is 5.97 Å². The highest BCUT2D eigenvalue weighted by atomic mass is 35.5. The van der Waals surface area contributed by atoms with Crippen LogP contribution in [-0.2, 0) is 22.6 Å². The number of ether oxygens (including phenoxy) is 1. The Kier molecular flexibility index (Phi) is 8.61. The van der Waals surface area contributed by atoms with Gasteiger partial charge in [-0.05, 0) is 66.3 Å². The lowest BCUT2D eigenvalue weighted by Gasteiger charge is -2.29. The number of hydrogen-bond acceptors (Lipinski definition) is 2. The van der Waals surface area contributed by atoms with Gasteiger partial charge in [-0.25, -0.2) is 0 Å². The highest BCUT2D eigenvalue weighted by molar-refractivity contribution is 6.30. The molecule has 0 aliphatic heterocycles. The molecule has 2 nitrogen and oxygen atoms in total. The quantitative estimate of drug-likeness (QED) is 0.315. The average molecular weight is 413 g/mol. The first kappa shape index (κ1) is 21.9. The molecular formula is C26H33ClO2. The number of unbranched alkanes of at least 4 members (excludes halogenated alkanes) is 2. The second-order valence-corrected chi connectivity index (χ2v) is 8.86. The minimum Gasteiger partial charge on any atom is -0.461 e. The van der Waals surface area contributed by atoms with Crippen LogP contribution < -0.4 is 0 Å². The average Bonchev–Trinajstić information content (AvgIpc) is 2.75. The molecule has 3 rings (SSSR count). The predicted molar refractivity (Wildman–Crippen MR) is 120 cm³/mol. The molecule has 1 aliphatic carbocycles. The van der Waals surface area contributed by atoms with Gasteiger partial charge in [0.05, 0.1) is 6.42 Å². The summed E-state index contributed by atoms with van der Waals surface area (Å²) in [5.41, 5.74) is 3.39. The molecule has 0 radical (unpaired) electrons. The summed E-state index contributed by atoms with van der Waals surface area (Å²) in [5.74, 6) is 1.43. The third kappa shape index (κ3) is 7.19. The normalized spacial score (nSPS) is 19.1. The molecule has 156 valence electrons. The van der Waals surface area contributed by atoms with E-state index in [4.69, 9.17) is 16.3 Å². The van der Waals surface area contributed by atoms with Gasteiger partial charge in [-0.15, -0.1) is 0 Å². The van der Waals surface area contributed by atoms with Gasteiger partial charge in [0.25, 0.3) is 0 Å². The molecule has 0 saturated heterocycles. The van der Waals surface area contributed by atoms with E-state index in [1.165, 1.54) is 56.9 Å². The van der Waals surface area contributed by atoms with Crippen molar-refractivity contribution in [3.05, 3.63) is 70.2 Å². The molecule has 0 heterocycles. The van der Waals surface area contributed by atoms with E-state index in [0.717, 1.165) is 17.0 Å². The van der Waals surface area contributed by atoms with Crippen LogP contribution in [0.15, 0.2) is 48.5 Å². The molecular weight excluding hydrogens is 380 g/mol. The Morgan fingerprint density at radius 1 is 0.931 bits per heavy atom. The van der Waals surface area contributed by atoms with Gasteiger partial charge in [0, 0.05) is 5.02 Å². The molecule has 0 aromatic heterocycles. The van der Waals surface area contributed by atoms with E-state index in [0.29, 0.717) is 17.4 Å². The minimum absolute atomic E-state index is 0.194. The largest absolute Gasteiger partial charge is 0.461 e. The fourth-order valence-corrected chi connectivity index (χ4v) is 4.46. The molecule has 2 aromatic carbocycles. The molecule has 0 spiro atoms. The van der Waals surface area contributed by atoms with Gasteiger partial charge < -0.3 is 4.74 Å². The Balaban J connectivity index is 1.41. The molecule has 3 heteroatoms. The zero-order chi connectivity index (χ0) is 20.5. The van der Waals surface area contributed by atoms with Gasteiger partial charge in [0.1, 0.15) is 6.61 Å². The van der Waals surface area contributed by atoms with Gasteiger partial charge in [-0.2, -0.15) is 0 Å². The van der Waals surface area contributed by atoms with Crippen LogP contribution in [0.3, 0.4) is 0 Å². The van der Waals surface area contributed by atoms with Gasteiger partial charge in [0.2, 0.25) is 0 Å². The summed E-state index contributed by atoms with van der Waals surface area (Å²) in [7, 11) is 0. The van der Waals surface area contributed by atoms with Crippen molar-refractivity contribution < 1.29 is 9.53 Å². The minimum atomic E-state index is -0.194. The molecule has 2 aromatic rings. The second-order valence-electron chi connectivity index (χ2n) is 8.42. The van der Waals surface area contributed by atoms with E-state index in [1.54, 1.807) is 0 Å². The van der Waals surface area contributed by atoms with Crippen LogP contribution in [0.1, 0.15) is 80.9 Å². The highest BCUT2D eigenvalue weighted by Gasteiger charge is 2.22. The number of benzene rings is 2. The van der Waals surface area contributed by atoms with Crippen molar-refractivity contribution in [2.45, 2.75) is 77.2 Å². The lowest BCUT2D eigenvalue weighted by atomic mass is 9.77. The molecule has 0 unspecified atom stereocenters. The van der Waals surface area contributed by atoms with Crippen molar-refractivity contribution in [1.29, 1.82) is 0 Å². The number of esters is 1. The van der Waals surface area contributed by atoms with E-state index in [-0.39, 0.29) is 12.6 Å². The van der Waals surface area contributed by atoms with Crippen molar-refractivity contribution >= 4 is 17.6 Å². The Labute approximate surface area is 180 Å². The Morgan fingerprint density at radius 2 is 1.59 bits per heavy atom. The maximum atomic E-state index is 12.1. The van der Waals surface area contributed by atoms with Crippen LogP contribution in [0, 0.1) is 5.92 Å². The van der Waals surface area contributed by atoms with Crippen molar-refractivity contribution in [3.63, 3.8) is 0 Å². The van der Waals surface area contributed by atoms with E-state index < -0.39 is 0 Å². The maximum absolute atomic E-state index is 12.1. The predicted octanol–water partition coefficient (Wildman–Crippen LogP) is 7.48. The van der Waals surface area contributed by atoms with Gasteiger partial charge in [-0.1, -0.05) is 80.6 Å². The fraction of sp³-hybridized carbons (Fsp3) is 0.500. The van der Waals surface area contributed by atoms with Crippen molar-refractivity contribution in [2.24, 2.45) is 5.92 Å². The molecule has 1 aliphatic rings. The molecule has 29 heavy (non-hydrogen) atoms. The van der Waals surface area contributed by atoms with Gasteiger partial charge in [0.15, 0.2) is 0 Å². The monoisotopic (exact) mass is 412 g/mol. The second kappa shape index (κ2) is 11.4. The van der Waals surface area contributed by atoms with Gasteiger partial charge in [-0.3, -0.25) is 4.79 Å². The van der Waals surface area contributed by atoms with Crippen molar-refractivity contribution in [3.8, 4) is 0 Å². The molecule has 1 fully saturated rings. The lowest BCUT2D eigenvalue weighted by molar-refractivity contribution is -0.144. The summed E-state index contributed by atoms with van der Waals surface area (Å²) in [6.45, 7) is 2.56. The van der Waals surface area contributed by atoms with E-state index in [2.05, 4.69) is 31.2 Å². The third-order valence-electron chi connectivity index (χ3n) is 6.18. The van der Waals surface area contributed by atoms with E-state index >= 15 is 0 Å². The number of carbonyl (C=O) groups excluding carboxylic acids is 1. The van der Waals surface area contributed by atoms with Crippen LogP contribution >= 0.6 is 11.6 Å². The summed E-state index contributed by atoms with van der Waals surface area (Å²) in [4.78, 5) is 12.1. The first-order valence-corrected chi connectivity index (χ1v) is 11.5. The van der Waals surface area contributed by atoms with Crippen molar-refractivity contribution in [1.82, 2.24) is 0 Å². The van der Waals surface area contributed by atoms with E-state index in [1.807, 2.05) is 24.3 Å². The summed E-state index contributed by atoms with van der Waals surface area (Å²) in [6, 6.07) is 16.0. The molecule has 0 amide bonds. The number of carbonyl (C=O) groups is 1. The Morgan fingerprint density at radius 3 is 2.24 bits per heavy atom. The van der Waals surface area contributed by atoms with Crippen LogP contribution in [0.2, 0.25) is 5.02 Å². The fourth-order valence-electron chi connectivity index (χ4n) is 4.34. The molecule has 0 atom stereocenters. The number of halogens is 1. The lowest BCUT2D eigenvalue weighted by Crippen LogP contribution is -2.13. The molecule has 0 N–H and O–H groups in total. The summed E-state index contributed by atoms with van der Waals surface area (Å²) in [6.07, 6.45) is 11.2. The van der Waals surface area contributed by atoms with E-state index in [9.17, 15) is 4.79 Å². The third-order valence-corrected chi connectivity index (χ3v) is 6.43. The Hall–Kier alpha value is -1.80. The first-order valence-electron chi connectivity index (χ1n) is 11.1. The summed E-state index contributed by atoms with van der Waals surface area (Å²) >= 11 is 5.88. The topological polar surface area (TPSA) is 26.3 Å². The number of rotatable bonds is 9. The van der Waals surface area contributed by atoms with Crippen LogP contribution in [0.4, 0.5) is 0 Å². The number of hydrogen-bond donors (Lipinski definition) is 0. The Bertz CT molecular complexity index is 743. The zero-order valence-electron chi connectivity index (χ0n) is 17.5. The standard InChI is InChI=1S/C26H33ClO2/c1-2-3-4-5-20-6-12-23(13-7-20)24-14-8-21(9-15-24)18-26(28)29-19-22-10-16-25(27)17-11-22/h8-11,14-17,20,23H,2-7,12-13,18-19H2,1H3/t20-,23-. The highest BCUT2D eigenvalue weighted by Crippen LogP contribution is 2.37. The zero-order valence-corrected chi connectivity index (χ0v) is 18.3. The summed E-state index contributed by atoms with van der Waals surface area (Å²) < 4.78 is 5.39. The maximum Gasteiger partial charge on any atom is 0.310 e. The van der Waals surface area contributed by atoms with Crippen LogP contribution in [0.5, 0.6) is 0 Å². The first-order chi connectivity index (χ1) is 14.1. The van der Waals surface area contributed by atoms with Crippen LogP contribution in [-0.4, -0.2) is 5.97 Å². The van der Waals surface area contributed by atoms with Crippen LogP contribution in [0.25, 0.3) is 0 Å². The smallest absolute Gasteiger partial charge is 0.310 e. The SMILES string of the molecule is CCCCC[C@H]1CC[C@H](c2ccc(CC(=O)OCc3ccc(Cl)cc3)cc2)CC1. The molecule has 0 bridgehead atoms. The summed E-state index contributed by atoms with van der Waals surface area (Å²) in [5, 5.41) is 0.685. The molecule has 1 saturated carbocycles. The van der Waals surface area contributed by atoms with Crippen molar-refractivity contribution in [2.75, 3.05) is 0 Å².